The summed E-state index contributed by atoms with van der Waals surface area (Å²) in [7, 11) is 4.13. The van der Waals surface area contributed by atoms with Gasteiger partial charge in [-0.15, -0.1) is 0 Å². The van der Waals surface area contributed by atoms with Crippen molar-refractivity contribution in [2.24, 2.45) is 5.73 Å². The maximum Gasteiger partial charge on any atom is 0.0361 e. The molecule has 0 heterocycles. The largest absolute Gasteiger partial charge is 0.378 e. The van der Waals surface area contributed by atoms with E-state index in [-0.39, 0.29) is 5.54 Å². The smallest absolute Gasteiger partial charge is 0.0361 e. The quantitative estimate of drug-likeness (QED) is 0.814. The highest BCUT2D eigenvalue weighted by Crippen LogP contribution is 2.36. The maximum absolute atomic E-state index is 6.06. The summed E-state index contributed by atoms with van der Waals surface area (Å²) in [6, 6.07) is 8.76. The molecule has 1 aliphatic rings. The van der Waals surface area contributed by atoms with Crippen molar-refractivity contribution in [1.29, 1.82) is 0 Å². The molecule has 2 nitrogen and oxygen atoms in total. The highest BCUT2D eigenvalue weighted by molar-refractivity contribution is 5.46. The normalized spacial score (nSPS) is 17.5. The molecular weight excluding hydrogens is 184 g/mol. The zero-order chi connectivity index (χ0) is 10.9. The Kier molecular flexibility index (Phi) is 2.70. The van der Waals surface area contributed by atoms with Gasteiger partial charge >= 0.3 is 0 Å². The third-order valence-electron chi connectivity index (χ3n) is 3.26. The topological polar surface area (TPSA) is 29.3 Å². The summed E-state index contributed by atoms with van der Waals surface area (Å²) in [5, 5.41) is 0. The summed E-state index contributed by atoms with van der Waals surface area (Å²) in [6.07, 6.45) is 4.67. The molecule has 0 amide bonds. The Morgan fingerprint density at radius 2 is 1.80 bits per heavy atom. The third kappa shape index (κ3) is 2.72. The molecule has 0 radical (unpaired) electrons. The Bertz CT molecular complexity index is 323. The van der Waals surface area contributed by atoms with Gasteiger partial charge in [0.1, 0.15) is 0 Å². The Morgan fingerprint density at radius 3 is 2.27 bits per heavy atom. The highest BCUT2D eigenvalue weighted by atomic mass is 15.1. The molecule has 1 saturated carbocycles. The predicted octanol–water partition coefficient (Wildman–Crippen LogP) is 2.18. The molecule has 2 rings (SSSR count). The monoisotopic (exact) mass is 204 g/mol. The van der Waals surface area contributed by atoms with E-state index in [2.05, 4.69) is 43.3 Å². The molecule has 1 fully saturated rings. The first kappa shape index (κ1) is 10.5. The van der Waals surface area contributed by atoms with Gasteiger partial charge in [-0.2, -0.15) is 0 Å². The number of hydrogen-bond donors (Lipinski definition) is 1. The summed E-state index contributed by atoms with van der Waals surface area (Å²) in [5.74, 6) is 0. The van der Waals surface area contributed by atoms with Gasteiger partial charge in [0.05, 0.1) is 0 Å². The van der Waals surface area contributed by atoms with Gasteiger partial charge in [0.2, 0.25) is 0 Å². The fourth-order valence-corrected chi connectivity index (χ4v) is 1.76. The lowest BCUT2D eigenvalue weighted by Crippen LogP contribution is -2.22. The molecule has 0 saturated heterocycles. The number of rotatable bonds is 4. The molecule has 82 valence electrons. The first-order valence-electron chi connectivity index (χ1n) is 5.64. The van der Waals surface area contributed by atoms with Crippen molar-refractivity contribution in [3.05, 3.63) is 29.8 Å². The molecule has 0 bridgehead atoms. The SMILES string of the molecule is CN(C)c1ccc(CCC2(N)CC2)cc1. The van der Waals surface area contributed by atoms with E-state index in [9.17, 15) is 0 Å². The third-order valence-corrected chi connectivity index (χ3v) is 3.26. The Balaban J connectivity index is 1.92. The summed E-state index contributed by atoms with van der Waals surface area (Å²) >= 11 is 0. The van der Waals surface area contributed by atoms with E-state index in [0.717, 1.165) is 12.8 Å². The average molecular weight is 204 g/mol. The van der Waals surface area contributed by atoms with Crippen molar-refractivity contribution >= 4 is 5.69 Å². The minimum absolute atomic E-state index is 0.181. The lowest BCUT2D eigenvalue weighted by atomic mass is 10.0. The lowest BCUT2D eigenvalue weighted by Gasteiger charge is -2.13. The van der Waals surface area contributed by atoms with Crippen LogP contribution in [-0.2, 0) is 6.42 Å². The van der Waals surface area contributed by atoms with Gasteiger partial charge in [0.25, 0.3) is 0 Å². The van der Waals surface area contributed by atoms with Crippen molar-refractivity contribution in [1.82, 2.24) is 0 Å². The van der Waals surface area contributed by atoms with Gasteiger partial charge in [-0.25, -0.2) is 0 Å². The molecule has 0 unspecified atom stereocenters. The van der Waals surface area contributed by atoms with Crippen LogP contribution in [0, 0.1) is 0 Å². The van der Waals surface area contributed by atoms with E-state index < -0.39 is 0 Å². The number of hydrogen-bond acceptors (Lipinski definition) is 2. The van der Waals surface area contributed by atoms with Crippen LogP contribution in [0.1, 0.15) is 24.8 Å². The number of aryl methyl sites for hydroxylation is 1. The number of benzene rings is 1. The van der Waals surface area contributed by atoms with E-state index in [1.165, 1.54) is 24.1 Å². The Hall–Kier alpha value is -1.02. The van der Waals surface area contributed by atoms with Gasteiger partial charge in [0, 0.05) is 25.3 Å². The second kappa shape index (κ2) is 3.86. The van der Waals surface area contributed by atoms with E-state index in [4.69, 9.17) is 5.73 Å². The molecule has 1 aliphatic carbocycles. The summed E-state index contributed by atoms with van der Waals surface area (Å²) in [4.78, 5) is 2.12. The van der Waals surface area contributed by atoms with Gasteiger partial charge in [-0.3, -0.25) is 0 Å². The predicted molar refractivity (Wildman–Crippen MR) is 65.2 cm³/mol. The van der Waals surface area contributed by atoms with Crippen LogP contribution in [-0.4, -0.2) is 19.6 Å². The van der Waals surface area contributed by atoms with Crippen molar-refractivity contribution in [3.63, 3.8) is 0 Å². The second-order valence-electron chi connectivity index (χ2n) is 4.92. The first-order chi connectivity index (χ1) is 7.09. The van der Waals surface area contributed by atoms with Crippen LogP contribution in [0.5, 0.6) is 0 Å². The average Bonchev–Trinajstić information content (AvgIpc) is 2.95. The van der Waals surface area contributed by atoms with E-state index in [1.54, 1.807) is 0 Å². The van der Waals surface area contributed by atoms with Crippen molar-refractivity contribution in [3.8, 4) is 0 Å². The summed E-state index contributed by atoms with van der Waals surface area (Å²) < 4.78 is 0. The van der Waals surface area contributed by atoms with Gasteiger partial charge in [-0.1, -0.05) is 12.1 Å². The van der Waals surface area contributed by atoms with Crippen LogP contribution < -0.4 is 10.6 Å². The van der Waals surface area contributed by atoms with E-state index >= 15 is 0 Å². The summed E-state index contributed by atoms with van der Waals surface area (Å²) in [5.41, 5.74) is 8.90. The highest BCUT2D eigenvalue weighted by Gasteiger charge is 2.37. The molecule has 0 atom stereocenters. The fourth-order valence-electron chi connectivity index (χ4n) is 1.76. The van der Waals surface area contributed by atoms with Crippen LogP contribution in [0.25, 0.3) is 0 Å². The van der Waals surface area contributed by atoms with Crippen molar-refractivity contribution in [2.75, 3.05) is 19.0 Å². The van der Waals surface area contributed by atoms with Crippen LogP contribution in [0.4, 0.5) is 5.69 Å². The van der Waals surface area contributed by atoms with Crippen LogP contribution in [0.3, 0.4) is 0 Å². The van der Waals surface area contributed by atoms with Crippen LogP contribution >= 0.6 is 0 Å². The van der Waals surface area contributed by atoms with Crippen molar-refractivity contribution < 1.29 is 0 Å². The fraction of sp³-hybridized carbons (Fsp3) is 0.538. The number of nitrogens with two attached hydrogens (primary N) is 1. The van der Waals surface area contributed by atoms with Gasteiger partial charge in [0.15, 0.2) is 0 Å². The molecule has 2 heteroatoms. The standard InChI is InChI=1S/C13H20N2/c1-15(2)12-5-3-11(4-6-12)7-8-13(14)9-10-13/h3-6H,7-10,14H2,1-2H3. The molecule has 0 spiro atoms. The Morgan fingerprint density at radius 1 is 1.20 bits per heavy atom. The van der Waals surface area contributed by atoms with Gasteiger partial charge in [-0.05, 0) is 43.4 Å². The summed E-state index contributed by atoms with van der Waals surface area (Å²) in [6.45, 7) is 0. The van der Waals surface area contributed by atoms with Crippen LogP contribution in [0.15, 0.2) is 24.3 Å². The van der Waals surface area contributed by atoms with Crippen LogP contribution in [0.2, 0.25) is 0 Å². The maximum atomic E-state index is 6.06. The van der Waals surface area contributed by atoms with E-state index in [1.807, 2.05) is 0 Å². The zero-order valence-electron chi connectivity index (χ0n) is 9.66. The van der Waals surface area contributed by atoms with Crippen molar-refractivity contribution in [2.45, 2.75) is 31.2 Å². The number of nitrogens with zero attached hydrogens (tertiary/aromatic N) is 1. The molecule has 1 aromatic rings. The zero-order valence-corrected chi connectivity index (χ0v) is 9.66. The lowest BCUT2D eigenvalue weighted by molar-refractivity contribution is 0.609. The minimum Gasteiger partial charge on any atom is -0.378 e. The minimum atomic E-state index is 0.181. The molecule has 15 heavy (non-hydrogen) atoms. The molecule has 0 aromatic heterocycles. The molecule has 0 aliphatic heterocycles. The molecular formula is C13H20N2. The first-order valence-corrected chi connectivity index (χ1v) is 5.64. The second-order valence-corrected chi connectivity index (χ2v) is 4.92. The molecule has 2 N–H and O–H groups in total. The van der Waals surface area contributed by atoms with Gasteiger partial charge < -0.3 is 10.6 Å². The van der Waals surface area contributed by atoms with E-state index in [0.29, 0.717) is 0 Å². The Labute approximate surface area is 92.1 Å². The molecule has 1 aromatic carbocycles. The number of anilines is 1.